The molecule has 0 saturated heterocycles. The minimum absolute atomic E-state index is 0.710. The van der Waals surface area contributed by atoms with Gasteiger partial charge in [0.25, 0.3) is 0 Å². The zero-order valence-corrected chi connectivity index (χ0v) is 14.5. The highest BCUT2D eigenvalue weighted by atomic mass is 15.2. The van der Waals surface area contributed by atoms with Crippen LogP contribution in [0.2, 0.25) is 0 Å². The van der Waals surface area contributed by atoms with Crippen molar-refractivity contribution in [3.63, 3.8) is 0 Å². The van der Waals surface area contributed by atoms with Gasteiger partial charge in [-0.2, -0.15) is 0 Å². The molecule has 1 fully saturated rings. The maximum atomic E-state index is 2.85. The molecule has 0 amide bonds. The number of hydrogen-bond donors (Lipinski definition) is 0. The monoisotopic (exact) mass is 297 g/mol. The Kier molecular flexibility index (Phi) is 5.03. The zero-order valence-electron chi connectivity index (χ0n) is 14.5. The number of benzene rings is 1. The Balaban J connectivity index is 1.94. The van der Waals surface area contributed by atoms with Crippen molar-refractivity contribution in [2.24, 2.45) is 5.92 Å². The summed E-state index contributed by atoms with van der Waals surface area (Å²) in [4.78, 5) is 2.85. The molecule has 1 aromatic rings. The van der Waals surface area contributed by atoms with Gasteiger partial charge in [-0.15, -0.1) is 0 Å². The van der Waals surface area contributed by atoms with E-state index in [2.05, 4.69) is 56.0 Å². The van der Waals surface area contributed by atoms with Gasteiger partial charge in [0, 0.05) is 18.6 Å². The highest BCUT2D eigenvalue weighted by molar-refractivity contribution is 5.29. The first-order valence-corrected chi connectivity index (χ1v) is 9.25. The third-order valence-electron chi connectivity index (χ3n) is 6.00. The third-order valence-corrected chi connectivity index (χ3v) is 6.00. The van der Waals surface area contributed by atoms with Crippen LogP contribution in [0.1, 0.15) is 64.9 Å². The van der Waals surface area contributed by atoms with Crippen LogP contribution in [-0.2, 0) is 6.54 Å². The molecule has 0 bridgehead atoms. The van der Waals surface area contributed by atoms with Crippen molar-refractivity contribution < 1.29 is 0 Å². The van der Waals surface area contributed by atoms with E-state index in [4.69, 9.17) is 0 Å². The van der Waals surface area contributed by atoms with Crippen molar-refractivity contribution in [1.29, 1.82) is 0 Å². The molecule has 0 spiro atoms. The molecular weight excluding hydrogens is 266 g/mol. The van der Waals surface area contributed by atoms with E-state index in [1.54, 1.807) is 11.1 Å². The van der Waals surface area contributed by atoms with E-state index >= 15 is 0 Å². The fourth-order valence-corrected chi connectivity index (χ4v) is 4.93. The van der Waals surface area contributed by atoms with Crippen LogP contribution in [0.5, 0.6) is 0 Å². The van der Waals surface area contributed by atoms with Crippen LogP contribution in [0.15, 0.2) is 41.5 Å². The Bertz CT molecular complexity index is 516. The summed E-state index contributed by atoms with van der Waals surface area (Å²) in [5.41, 5.74) is 5.00. The minimum Gasteiger partial charge on any atom is -0.289 e. The van der Waals surface area contributed by atoms with Crippen LogP contribution < -0.4 is 0 Å². The quantitative estimate of drug-likeness (QED) is 0.657. The van der Waals surface area contributed by atoms with Gasteiger partial charge >= 0.3 is 0 Å². The van der Waals surface area contributed by atoms with Crippen LogP contribution in [0.4, 0.5) is 0 Å². The van der Waals surface area contributed by atoms with Crippen LogP contribution in [0.25, 0.3) is 0 Å². The van der Waals surface area contributed by atoms with E-state index in [0.29, 0.717) is 6.04 Å². The molecule has 0 unspecified atom stereocenters. The molecule has 1 aliphatic carbocycles. The first-order valence-electron chi connectivity index (χ1n) is 9.25. The molecule has 0 aromatic heterocycles. The Morgan fingerprint density at radius 1 is 1.05 bits per heavy atom. The normalized spacial score (nSPS) is 29.5. The van der Waals surface area contributed by atoms with Gasteiger partial charge in [-0.1, -0.05) is 61.7 Å². The molecule has 1 heterocycles. The molecule has 1 saturated carbocycles. The molecule has 1 nitrogen and oxygen atoms in total. The topological polar surface area (TPSA) is 3.24 Å². The molecule has 1 aromatic carbocycles. The summed E-state index contributed by atoms with van der Waals surface area (Å²) >= 11 is 0. The van der Waals surface area contributed by atoms with E-state index in [1.165, 1.54) is 44.1 Å². The van der Waals surface area contributed by atoms with Gasteiger partial charge in [0.1, 0.15) is 0 Å². The van der Waals surface area contributed by atoms with Crippen molar-refractivity contribution in [2.75, 3.05) is 0 Å². The SMILES string of the molecule is CC[C@@H]1C(C)=C2CCCC[C@@H]2N(Cc2ccccc2)[C@H]1CC. The van der Waals surface area contributed by atoms with E-state index in [0.717, 1.165) is 18.5 Å². The predicted octanol–water partition coefficient (Wildman–Crippen LogP) is 5.57. The molecule has 1 aliphatic heterocycles. The molecule has 120 valence electrons. The van der Waals surface area contributed by atoms with Gasteiger partial charge in [-0.25, -0.2) is 0 Å². The molecule has 2 aliphatic rings. The Morgan fingerprint density at radius 2 is 1.82 bits per heavy atom. The third kappa shape index (κ3) is 2.88. The lowest BCUT2D eigenvalue weighted by molar-refractivity contribution is 0.0719. The first kappa shape index (κ1) is 15.8. The van der Waals surface area contributed by atoms with Gasteiger partial charge in [0.2, 0.25) is 0 Å². The second-order valence-electron chi connectivity index (χ2n) is 7.12. The summed E-state index contributed by atoms with van der Waals surface area (Å²) < 4.78 is 0. The predicted molar refractivity (Wildman–Crippen MR) is 94.8 cm³/mol. The summed E-state index contributed by atoms with van der Waals surface area (Å²) in [5, 5.41) is 0. The molecule has 0 N–H and O–H groups in total. The van der Waals surface area contributed by atoms with E-state index in [9.17, 15) is 0 Å². The smallest absolute Gasteiger partial charge is 0.0316 e. The summed E-state index contributed by atoms with van der Waals surface area (Å²) in [6.07, 6.45) is 8.06. The van der Waals surface area contributed by atoms with Gasteiger partial charge in [-0.05, 0) is 50.5 Å². The zero-order chi connectivity index (χ0) is 15.5. The standard InChI is InChI=1S/C21H31N/c1-4-18-16(3)19-13-9-10-14-21(19)22(20(18)5-2)15-17-11-7-6-8-12-17/h6-8,11-12,18,20-21H,4-5,9-10,13-15H2,1-3H3/t18-,20+,21+/m1/s1. The number of hydrogen-bond acceptors (Lipinski definition) is 1. The molecule has 3 atom stereocenters. The average molecular weight is 297 g/mol. The Labute approximate surface area is 136 Å². The number of rotatable bonds is 4. The number of fused-ring (bicyclic) bond motifs is 1. The van der Waals surface area contributed by atoms with Crippen LogP contribution >= 0.6 is 0 Å². The Hall–Kier alpha value is -1.08. The van der Waals surface area contributed by atoms with Gasteiger partial charge in [-0.3, -0.25) is 4.90 Å². The highest BCUT2D eigenvalue weighted by Gasteiger charge is 2.39. The maximum Gasteiger partial charge on any atom is 0.0316 e. The fraction of sp³-hybridized carbons (Fsp3) is 0.619. The van der Waals surface area contributed by atoms with Crippen LogP contribution in [0.3, 0.4) is 0 Å². The fourth-order valence-electron chi connectivity index (χ4n) is 4.93. The molecule has 22 heavy (non-hydrogen) atoms. The number of nitrogens with zero attached hydrogens (tertiary/aromatic N) is 1. The van der Waals surface area contributed by atoms with Gasteiger partial charge in [0.05, 0.1) is 0 Å². The molecule has 3 rings (SSSR count). The van der Waals surface area contributed by atoms with Gasteiger partial charge in [0.15, 0.2) is 0 Å². The summed E-state index contributed by atoms with van der Waals surface area (Å²) in [6.45, 7) is 8.31. The lowest BCUT2D eigenvalue weighted by Crippen LogP contribution is -2.52. The lowest BCUT2D eigenvalue weighted by Gasteiger charge is -2.50. The maximum absolute atomic E-state index is 2.85. The largest absolute Gasteiger partial charge is 0.289 e. The first-order chi connectivity index (χ1) is 10.8. The van der Waals surface area contributed by atoms with Crippen molar-refractivity contribution >= 4 is 0 Å². The second-order valence-corrected chi connectivity index (χ2v) is 7.12. The van der Waals surface area contributed by atoms with Crippen molar-refractivity contribution in [1.82, 2.24) is 4.90 Å². The summed E-state index contributed by atoms with van der Waals surface area (Å²) in [6, 6.07) is 12.5. The van der Waals surface area contributed by atoms with E-state index < -0.39 is 0 Å². The molecule has 1 heteroatoms. The second kappa shape index (κ2) is 7.00. The summed E-state index contributed by atoms with van der Waals surface area (Å²) in [5.74, 6) is 0.762. The van der Waals surface area contributed by atoms with Crippen LogP contribution in [0, 0.1) is 5.92 Å². The van der Waals surface area contributed by atoms with Crippen molar-refractivity contribution in [3.8, 4) is 0 Å². The molecular formula is C21H31N. The molecule has 0 radical (unpaired) electrons. The van der Waals surface area contributed by atoms with E-state index in [-0.39, 0.29) is 0 Å². The van der Waals surface area contributed by atoms with Crippen LogP contribution in [-0.4, -0.2) is 17.0 Å². The lowest BCUT2D eigenvalue weighted by atomic mass is 9.73. The van der Waals surface area contributed by atoms with Gasteiger partial charge < -0.3 is 0 Å². The summed E-state index contributed by atoms with van der Waals surface area (Å²) in [7, 11) is 0. The van der Waals surface area contributed by atoms with Crippen molar-refractivity contribution in [2.45, 2.75) is 77.9 Å². The average Bonchev–Trinajstić information content (AvgIpc) is 2.58. The van der Waals surface area contributed by atoms with E-state index in [1.807, 2.05) is 0 Å². The van der Waals surface area contributed by atoms with Crippen molar-refractivity contribution in [3.05, 3.63) is 47.0 Å². The minimum atomic E-state index is 0.710. The highest BCUT2D eigenvalue weighted by Crippen LogP contribution is 2.42. The Morgan fingerprint density at radius 3 is 2.50 bits per heavy atom.